The van der Waals surface area contributed by atoms with Crippen molar-refractivity contribution < 1.29 is 0 Å². The second-order valence-electron chi connectivity index (χ2n) is 10.3. The van der Waals surface area contributed by atoms with E-state index in [2.05, 4.69) is 75.3 Å². The number of allylic oxidation sites excluding steroid dienone is 2. The first-order chi connectivity index (χ1) is 8.54. The van der Waals surface area contributed by atoms with E-state index in [0.717, 1.165) is 12.8 Å². The first-order valence-corrected chi connectivity index (χ1v) is 8.39. The summed E-state index contributed by atoms with van der Waals surface area (Å²) in [4.78, 5) is 1.24. The predicted molar refractivity (Wildman–Crippen MR) is 97.4 cm³/mol. The average Bonchev–Trinajstić information content (AvgIpc) is 2.05. The van der Waals surface area contributed by atoms with Crippen LogP contribution in [-0.2, 0) is 0 Å². The maximum atomic E-state index is 4.81. The summed E-state index contributed by atoms with van der Waals surface area (Å²) in [6.07, 6.45) is 5.86. The molecule has 0 amide bonds. The van der Waals surface area contributed by atoms with Crippen LogP contribution in [-0.4, -0.2) is 0 Å². The molecule has 0 bridgehead atoms. The molecule has 20 heavy (non-hydrogen) atoms. The van der Waals surface area contributed by atoms with E-state index in [1.807, 2.05) is 0 Å². The molecule has 0 rings (SSSR count). The second-order valence-corrected chi connectivity index (χ2v) is 10.8. The maximum absolute atomic E-state index is 4.81. The Bertz CT molecular complexity index is 332. The van der Waals surface area contributed by atoms with Gasteiger partial charge in [0.2, 0.25) is 0 Å². The Balaban J connectivity index is 4.82. The second kappa shape index (κ2) is 6.46. The Labute approximate surface area is 134 Å². The van der Waals surface area contributed by atoms with Crippen LogP contribution in [0.25, 0.3) is 0 Å². The fourth-order valence-corrected chi connectivity index (χ4v) is 3.74. The standard InChI is InChI=1S/C19H38S/c1-16(2,3)13-18(7,8)12-11-15(20)19(9,10)14-17(4,5)6/h11,20H,12-14H2,1-10H3/b15-11-. The molecule has 1 heteroatoms. The third kappa shape index (κ3) is 9.10. The highest BCUT2D eigenvalue weighted by molar-refractivity contribution is 7.84. The van der Waals surface area contributed by atoms with Crippen LogP contribution in [0.1, 0.15) is 88.5 Å². The Morgan fingerprint density at radius 3 is 1.50 bits per heavy atom. The molecule has 0 saturated carbocycles. The zero-order chi connectivity index (χ0) is 16.4. The van der Waals surface area contributed by atoms with Crippen molar-refractivity contribution in [2.45, 2.75) is 88.5 Å². The van der Waals surface area contributed by atoms with Crippen LogP contribution >= 0.6 is 12.6 Å². The Kier molecular flexibility index (Phi) is 6.49. The molecule has 120 valence electrons. The van der Waals surface area contributed by atoms with Crippen LogP contribution < -0.4 is 0 Å². The quantitative estimate of drug-likeness (QED) is 0.513. The molecule has 0 nitrogen and oxygen atoms in total. The van der Waals surface area contributed by atoms with Crippen LogP contribution in [0.4, 0.5) is 0 Å². The summed E-state index contributed by atoms with van der Waals surface area (Å²) < 4.78 is 0. The highest BCUT2D eigenvalue weighted by atomic mass is 32.1. The molecule has 0 saturated heterocycles. The van der Waals surface area contributed by atoms with E-state index in [1.165, 1.54) is 11.3 Å². The minimum atomic E-state index is 0.166. The molecule has 0 heterocycles. The largest absolute Gasteiger partial charge is 0.148 e. The molecule has 0 aliphatic rings. The van der Waals surface area contributed by atoms with E-state index in [9.17, 15) is 0 Å². The lowest BCUT2D eigenvalue weighted by Gasteiger charge is -2.35. The molecule has 0 aromatic heterocycles. The molecule has 0 aliphatic carbocycles. The van der Waals surface area contributed by atoms with Gasteiger partial charge in [0.25, 0.3) is 0 Å². The molecular formula is C19H38S. The Morgan fingerprint density at radius 2 is 1.15 bits per heavy atom. The molecule has 0 aromatic carbocycles. The predicted octanol–water partition coefficient (Wildman–Crippen LogP) is 7.12. The van der Waals surface area contributed by atoms with Gasteiger partial charge in [-0.1, -0.05) is 75.3 Å². The summed E-state index contributed by atoms with van der Waals surface area (Å²) in [5, 5.41) is 0. The molecular weight excluding hydrogens is 260 g/mol. The minimum absolute atomic E-state index is 0.166. The summed E-state index contributed by atoms with van der Waals surface area (Å²) in [5.74, 6) is 0. The van der Waals surface area contributed by atoms with E-state index in [0.29, 0.717) is 16.2 Å². The summed E-state index contributed by atoms with van der Waals surface area (Å²) in [5.41, 5.74) is 1.23. The fourth-order valence-electron chi connectivity index (χ4n) is 3.57. The zero-order valence-electron chi connectivity index (χ0n) is 15.6. The third-order valence-electron chi connectivity index (χ3n) is 3.52. The topological polar surface area (TPSA) is 0 Å². The number of rotatable bonds is 5. The van der Waals surface area contributed by atoms with Gasteiger partial charge in [-0.3, -0.25) is 0 Å². The van der Waals surface area contributed by atoms with Gasteiger partial charge in [-0.25, -0.2) is 0 Å². The summed E-state index contributed by atoms with van der Waals surface area (Å²) in [7, 11) is 0. The Morgan fingerprint density at radius 1 is 0.750 bits per heavy atom. The van der Waals surface area contributed by atoms with Gasteiger partial charge in [0.1, 0.15) is 0 Å². The SMILES string of the molecule is CC(C)(C)CC(C)(C)C/C=C(\S)C(C)(C)CC(C)(C)C. The average molecular weight is 299 g/mol. The lowest BCUT2D eigenvalue weighted by Crippen LogP contribution is -2.22. The van der Waals surface area contributed by atoms with Crippen LogP contribution in [0, 0.1) is 21.7 Å². The first kappa shape index (κ1) is 20.1. The van der Waals surface area contributed by atoms with Crippen molar-refractivity contribution in [3.05, 3.63) is 11.0 Å². The molecule has 0 fully saturated rings. The van der Waals surface area contributed by atoms with Crippen molar-refractivity contribution in [1.29, 1.82) is 0 Å². The minimum Gasteiger partial charge on any atom is -0.148 e. The highest BCUT2D eigenvalue weighted by Gasteiger charge is 2.29. The smallest absolute Gasteiger partial charge is 0.00445 e. The summed E-state index contributed by atoms with van der Waals surface area (Å²) >= 11 is 4.81. The zero-order valence-corrected chi connectivity index (χ0v) is 16.5. The van der Waals surface area contributed by atoms with E-state index in [1.54, 1.807) is 0 Å². The van der Waals surface area contributed by atoms with Crippen LogP contribution in [0.5, 0.6) is 0 Å². The first-order valence-electron chi connectivity index (χ1n) is 7.94. The lowest BCUT2D eigenvalue weighted by molar-refractivity contribution is 0.213. The van der Waals surface area contributed by atoms with Crippen molar-refractivity contribution >= 4 is 12.6 Å². The summed E-state index contributed by atoms with van der Waals surface area (Å²) in [6.45, 7) is 23.2. The fraction of sp³-hybridized carbons (Fsp3) is 0.895. The van der Waals surface area contributed by atoms with Gasteiger partial charge in [-0.05, 0) is 45.8 Å². The Hall–Kier alpha value is 0.0900. The van der Waals surface area contributed by atoms with Crippen molar-refractivity contribution in [1.82, 2.24) is 0 Å². The normalized spacial score (nSPS) is 15.7. The monoisotopic (exact) mass is 298 g/mol. The van der Waals surface area contributed by atoms with Crippen molar-refractivity contribution in [2.24, 2.45) is 21.7 Å². The lowest BCUT2D eigenvalue weighted by atomic mass is 9.73. The number of thiol groups is 1. The third-order valence-corrected chi connectivity index (χ3v) is 4.31. The summed E-state index contributed by atoms with van der Waals surface area (Å²) in [6, 6.07) is 0. The van der Waals surface area contributed by atoms with E-state index in [-0.39, 0.29) is 5.41 Å². The molecule has 0 atom stereocenters. The van der Waals surface area contributed by atoms with Gasteiger partial charge in [-0.15, -0.1) is 12.6 Å². The van der Waals surface area contributed by atoms with Gasteiger partial charge in [0, 0.05) is 0 Å². The van der Waals surface area contributed by atoms with Crippen LogP contribution in [0.3, 0.4) is 0 Å². The van der Waals surface area contributed by atoms with Crippen molar-refractivity contribution in [3.63, 3.8) is 0 Å². The van der Waals surface area contributed by atoms with E-state index >= 15 is 0 Å². The van der Waals surface area contributed by atoms with Crippen molar-refractivity contribution in [3.8, 4) is 0 Å². The van der Waals surface area contributed by atoms with E-state index < -0.39 is 0 Å². The molecule has 0 unspecified atom stereocenters. The van der Waals surface area contributed by atoms with Crippen molar-refractivity contribution in [2.75, 3.05) is 0 Å². The maximum Gasteiger partial charge on any atom is -0.00445 e. The van der Waals surface area contributed by atoms with Gasteiger partial charge in [0.15, 0.2) is 0 Å². The van der Waals surface area contributed by atoms with E-state index in [4.69, 9.17) is 12.6 Å². The van der Waals surface area contributed by atoms with Gasteiger partial charge >= 0.3 is 0 Å². The number of hydrogen-bond acceptors (Lipinski definition) is 1. The molecule has 0 aliphatic heterocycles. The molecule has 0 spiro atoms. The van der Waals surface area contributed by atoms with Crippen LogP contribution in [0.2, 0.25) is 0 Å². The highest BCUT2D eigenvalue weighted by Crippen LogP contribution is 2.42. The van der Waals surface area contributed by atoms with Gasteiger partial charge in [0.05, 0.1) is 0 Å². The molecule has 0 aromatic rings. The molecule has 0 radical (unpaired) electrons. The number of hydrogen-bond donors (Lipinski definition) is 1. The molecule has 0 N–H and O–H groups in total. The van der Waals surface area contributed by atoms with Gasteiger partial charge in [-0.2, -0.15) is 0 Å². The van der Waals surface area contributed by atoms with Gasteiger partial charge < -0.3 is 0 Å². The van der Waals surface area contributed by atoms with Crippen LogP contribution in [0.15, 0.2) is 11.0 Å².